The fraction of sp³-hybridized carbons (Fsp3) is 0. The average molecular weight is 403 g/mol. The molecule has 0 aliphatic heterocycles. The smallest absolute Gasteiger partial charge is 0.0620 e. The van der Waals surface area contributed by atoms with E-state index < -0.39 is 7.26 Å². The van der Waals surface area contributed by atoms with Gasteiger partial charge >= 0.3 is 0 Å². The maximum Gasteiger partial charge on any atom is 0.144 e. The molecule has 0 saturated carbocycles. The van der Waals surface area contributed by atoms with E-state index in [1.54, 1.807) is 0 Å². The summed E-state index contributed by atoms with van der Waals surface area (Å²) in [4.78, 5) is 0. The summed E-state index contributed by atoms with van der Waals surface area (Å²) in [5.41, 5.74) is 0. The Morgan fingerprint density at radius 2 is 0.500 bits per heavy atom. The van der Waals surface area contributed by atoms with Crippen LogP contribution in [-0.2, 0) is 17.1 Å². The molecule has 4 aromatic rings. The Morgan fingerprint density at radius 1 is 0.308 bits per heavy atom. The summed E-state index contributed by atoms with van der Waals surface area (Å²) in [7, 11) is -1.91. The average Bonchev–Trinajstić information content (AvgIpc) is 2.72. The van der Waals surface area contributed by atoms with Crippen molar-refractivity contribution < 1.29 is 17.1 Å². The van der Waals surface area contributed by atoms with Crippen LogP contribution in [0.15, 0.2) is 121 Å². The van der Waals surface area contributed by atoms with Gasteiger partial charge in [-0.25, -0.2) is 0 Å². The van der Waals surface area contributed by atoms with Crippen LogP contribution in [0.1, 0.15) is 0 Å². The van der Waals surface area contributed by atoms with Gasteiger partial charge in [-0.2, -0.15) is 0 Å². The van der Waals surface area contributed by atoms with Gasteiger partial charge in [-0.1, -0.05) is 72.8 Å². The van der Waals surface area contributed by atoms with Crippen LogP contribution in [-0.4, -0.2) is 0 Å². The molecule has 0 fully saturated rings. The molecule has 0 aliphatic rings. The predicted molar refractivity (Wildman–Crippen MR) is 111 cm³/mol. The number of rotatable bonds is 4. The number of hydrogen-bond acceptors (Lipinski definition) is 0. The van der Waals surface area contributed by atoms with E-state index in [2.05, 4.69) is 121 Å². The Bertz CT molecular complexity index is 759. The largest absolute Gasteiger partial charge is 0.144 e. The molecule has 4 rings (SSSR count). The van der Waals surface area contributed by atoms with Gasteiger partial charge in [-0.3, -0.25) is 0 Å². The number of benzene rings is 4. The van der Waals surface area contributed by atoms with Crippen LogP contribution in [0.5, 0.6) is 0 Å². The van der Waals surface area contributed by atoms with Gasteiger partial charge in [0, 0.05) is 17.1 Å². The normalized spacial score (nSPS) is 10.8. The van der Waals surface area contributed by atoms with Crippen molar-refractivity contribution in [3.8, 4) is 0 Å². The summed E-state index contributed by atoms with van der Waals surface area (Å²) in [6.45, 7) is 0. The van der Waals surface area contributed by atoms with Crippen molar-refractivity contribution in [3.63, 3.8) is 0 Å². The van der Waals surface area contributed by atoms with Crippen molar-refractivity contribution in [1.29, 1.82) is 0 Å². The van der Waals surface area contributed by atoms with Crippen LogP contribution in [0.2, 0.25) is 0 Å². The second-order valence-corrected chi connectivity index (χ2v) is 9.42. The minimum absolute atomic E-state index is 0. The molecule has 131 valence electrons. The maximum atomic E-state index is 2.28. The van der Waals surface area contributed by atoms with Gasteiger partial charge < -0.3 is 0 Å². The summed E-state index contributed by atoms with van der Waals surface area (Å²) in [6, 6.07) is 43.8. The molecule has 0 aromatic heterocycles. The molecule has 1 radical (unpaired) electrons. The molecule has 0 amide bonds. The van der Waals surface area contributed by atoms with E-state index in [1.165, 1.54) is 21.2 Å². The van der Waals surface area contributed by atoms with E-state index in [4.69, 9.17) is 0 Å². The maximum absolute atomic E-state index is 2.28. The van der Waals surface area contributed by atoms with E-state index in [1.807, 2.05) is 0 Å². The zero-order valence-corrected chi connectivity index (χ0v) is 16.1. The standard InChI is InChI=1S/C24H20P.Cu/c1-5-13-21(14-6-1)25(22-15-7-2-8-16-22,23-17-9-3-10-18-23)24-19-11-4-12-20-24;/h1-20H;/q+1;. The second kappa shape index (κ2) is 8.47. The third-order valence-corrected chi connectivity index (χ3v) is 8.86. The van der Waals surface area contributed by atoms with E-state index in [0.29, 0.717) is 0 Å². The van der Waals surface area contributed by atoms with Crippen molar-refractivity contribution in [2.75, 3.05) is 0 Å². The van der Waals surface area contributed by atoms with Gasteiger partial charge in [-0.05, 0) is 48.5 Å². The topological polar surface area (TPSA) is 0 Å². The van der Waals surface area contributed by atoms with Gasteiger partial charge in [-0.15, -0.1) is 0 Å². The Kier molecular flexibility index (Phi) is 6.07. The van der Waals surface area contributed by atoms with E-state index in [-0.39, 0.29) is 17.1 Å². The first-order valence-corrected chi connectivity index (χ1v) is 10.3. The van der Waals surface area contributed by atoms with Crippen LogP contribution in [0.4, 0.5) is 0 Å². The first-order chi connectivity index (χ1) is 12.4. The third kappa shape index (κ3) is 3.27. The van der Waals surface area contributed by atoms with Crippen molar-refractivity contribution in [2.24, 2.45) is 0 Å². The van der Waals surface area contributed by atoms with Gasteiger partial charge in [0.25, 0.3) is 0 Å². The minimum atomic E-state index is -1.91. The van der Waals surface area contributed by atoms with Crippen molar-refractivity contribution in [3.05, 3.63) is 121 Å². The Labute approximate surface area is 166 Å². The quantitative estimate of drug-likeness (QED) is 0.352. The molecule has 0 unspecified atom stereocenters. The van der Waals surface area contributed by atoms with Crippen LogP contribution in [0, 0.1) is 0 Å². The summed E-state index contributed by atoms with van der Waals surface area (Å²) < 4.78 is 0. The van der Waals surface area contributed by atoms with Gasteiger partial charge in [0.05, 0.1) is 0 Å². The molecule has 0 atom stereocenters. The first kappa shape index (κ1) is 18.6. The van der Waals surface area contributed by atoms with E-state index >= 15 is 0 Å². The molecular formula is C24H20CuP+. The van der Waals surface area contributed by atoms with Crippen LogP contribution in [0.3, 0.4) is 0 Å². The summed E-state index contributed by atoms with van der Waals surface area (Å²) in [6.07, 6.45) is 0. The van der Waals surface area contributed by atoms with Crippen molar-refractivity contribution >= 4 is 28.5 Å². The zero-order chi connectivity index (χ0) is 17.0. The van der Waals surface area contributed by atoms with Crippen LogP contribution >= 0.6 is 7.26 Å². The summed E-state index contributed by atoms with van der Waals surface area (Å²) in [5, 5.41) is 5.55. The number of hydrogen-bond donors (Lipinski definition) is 0. The van der Waals surface area contributed by atoms with Crippen LogP contribution < -0.4 is 21.2 Å². The molecule has 0 spiro atoms. The molecule has 4 aromatic carbocycles. The first-order valence-electron chi connectivity index (χ1n) is 8.54. The summed E-state index contributed by atoms with van der Waals surface area (Å²) >= 11 is 0. The van der Waals surface area contributed by atoms with Gasteiger partial charge in [0.2, 0.25) is 0 Å². The fourth-order valence-corrected chi connectivity index (χ4v) is 7.77. The molecule has 2 heteroatoms. The van der Waals surface area contributed by atoms with Crippen LogP contribution in [0.25, 0.3) is 0 Å². The Balaban J connectivity index is 0.00000196. The molecule has 0 bridgehead atoms. The molecular weight excluding hydrogens is 383 g/mol. The van der Waals surface area contributed by atoms with E-state index in [9.17, 15) is 0 Å². The van der Waals surface area contributed by atoms with Gasteiger partial charge in [0.15, 0.2) is 0 Å². The fourth-order valence-electron chi connectivity index (χ4n) is 3.50. The predicted octanol–water partition coefficient (Wildman–Crippen LogP) is 4.30. The molecule has 0 aliphatic carbocycles. The second-order valence-electron chi connectivity index (χ2n) is 6.01. The zero-order valence-electron chi connectivity index (χ0n) is 14.3. The van der Waals surface area contributed by atoms with Crippen molar-refractivity contribution in [2.45, 2.75) is 0 Å². The Morgan fingerprint density at radius 3 is 0.692 bits per heavy atom. The SMILES string of the molecule is [Cu].c1ccc([P+](c2ccccc2)(c2ccccc2)c2ccccc2)cc1. The summed E-state index contributed by atoms with van der Waals surface area (Å²) in [5.74, 6) is 0. The monoisotopic (exact) mass is 402 g/mol. The Hall–Kier alpha value is -2.17. The van der Waals surface area contributed by atoms with Gasteiger partial charge in [0.1, 0.15) is 28.5 Å². The molecule has 0 heterocycles. The molecule has 0 N–H and O–H groups in total. The van der Waals surface area contributed by atoms with E-state index in [0.717, 1.165) is 0 Å². The van der Waals surface area contributed by atoms with Crippen molar-refractivity contribution in [1.82, 2.24) is 0 Å². The molecule has 0 saturated heterocycles. The molecule has 26 heavy (non-hydrogen) atoms. The third-order valence-electron chi connectivity index (χ3n) is 4.57. The minimum Gasteiger partial charge on any atom is -0.0620 e. The molecule has 0 nitrogen and oxygen atoms in total.